The van der Waals surface area contributed by atoms with Gasteiger partial charge < -0.3 is 0 Å². The van der Waals surface area contributed by atoms with E-state index in [1.807, 2.05) is 0 Å². The zero-order chi connectivity index (χ0) is 9.97. The largest absolute Gasteiger partial charge is 0.298 e. The SMILES string of the molecule is Cc1cccc(SC2CCCC2=O)c1. The highest BCUT2D eigenvalue weighted by Crippen LogP contribution is 2.32. The molecule has 0 saturated heterocycles. The molecule has 0 amide bonds. The zero-order valence-electron chi connectivity index (χ0n) is 8.32. The molecule has 1 fully saturated rings. The molecule has 1 atom stereocenters. The molecule has 74 valence electrons. The summed E-state index contributed by atoms with van der Waals surface area (Å²) in [4.78, 5) is 12.7. The Morgan fingerprint density at radius 2 is 2.29 bits per heavy atom. The van der Waals surface area contributed by atoms with E-state index in [1.54, 1.807) is 11.8 Å². The van der Waals surface area contributed by atoms with Gasteiger partial charge in [0.25, 0.3) is 0 Å². The molecule has 0 aromatic heterocycles. The maximum Gasteiger partial charge on any atom is 0.146 e. The highest BCUT2D eigenvalue weighted by atomic mass is 32.2. The third-order valence-electron chi connectivity index (χ3n) is 2.52. The Bertz CT molecular complexity index is 346. The van der Waals surface area contributed by atoms with E-state index in [0.29, 0.717) is 5.78 Å². The van der Waals surface area contributed by atoms with Crippen molar-refractivity contribution in [2.24, 2.45) is 0 Å². The summed E-state index contributed by atoms with van der Waals surface area (Å²) in [6.45, 7) is 2.08. The molecule has 14 heavy (non-hydrogen) atoms. The first-order valence-electron chi connectivity index (χ1n) is 5.02. The summed E-state index contributed by atoms with van der Waals surface area (Å²) in [5.41, 5.74) is 1.26. The lowest BCUT2D eigenvalue weighted by Crippen LogP contribution is -2.07. The van der Waals surface area contributed by atoms with Crippen LogP contribution in [0.1, 0.15) is 24.8 Å². The van der Waals surface area contributed by atoms with Gasteiger partial charge in [-0.25, -0.2) is 0 Å². The van der Waals surface area contributed by atoms with E-state index >= 15 is 0 Å². The van der Waals surface area contributed by atoms with Gasteiger partial charge in [-0.2, -0.15) is 0 Å². The minimum atomic E-state index is 0.219. The van der Waals surface area contributed by atoms with Crippen molar-refractivity contribution in [3.05, 3.63) is 29.8 Å². The number of hydrogen-bond donors (Lipinski definition) is 0. The van der Waals surface area contributed by atoms with Crippen molar-refractivity contribution in [2.45, 2.75) is 36.3 Å². The number of carbonyl (C=O) groups is 1. The van der Waals surface area contributed by atoms with Crippen LogP contribution in [0.15, 0.2) is 29.2 Å². The number of thioether (sulfide) groups is 1. The van der Waals surface area contributed by atoms with Crippen LogP contribution in [0.3, 0.4) is 0 Å². The number of Topliss-reactive ketones (excluding diaryl/α,β-unsaturated/α-hetero) is 1. The second kappa shape index (κ2) is 4.18. The van der Waals surface area contributed by atoms with Gasteiger partial charge in [-0.1, -0.05) is 17.7 Å². The fourth-order valence-electron chi connectivity index (χ4n) is 1.76. The molecule has 1 aromatic carbocycles. The van der Waals surface area contributed by atoms with Crippen LogP contribution in [0.5, 0.6) is 0 Å². The smallest absolute Gasteiger partial charge is 0.146 e. The van der Waals surface area contributed by atoms with E-state index in [0.717, 1.165) is 19.3 Å². The molecule has 1 saturated carbocycles. The van der Waals surface area contributed by atoms with E-state index in [-0.39, 0.29) is 5.25 Å². The lowest BCUT2D eigenvalue weighted by molar-refractivity contribution is -0.116. The van der Waals surface area contributed by atoms with Crippen molar-refractivity contribution in [2.75, 3.05) is 0 Å². The summed E-state index contributed by atoms with van der Waals surface area (Å²) in [6.07, 6.45) is 2.91. The van der Waals surface area contributed by atoms with E-state index in [2.05, 4.69) is 31.2 Å². The molecule has 2 heteroatoms. The standard InChI is InChI=1S/C12H14OS/c1-9-4-2-5-10(8-9)14-12-7-3-6-11(12)13/h2,4-5,8,12H,3,6-7H2,1H3. The molecule has 1 aliphatic carbocycles. The van der Waals surface area contributed by atoms with Crippen molar-refractivity contribution < 1.29 is 4.79 Å². The first-order chi connectivity index (χ1) is 6.75. The van der Waals surface area contributed by atoms with Gasteiger partial charge in [0, 0.05) is 11.3 Å². The zero-order valence-corrected chi connectivity index (χ0v) is 9.14. The van der Waals surface area contributed by atoms with Crippen molar-refractivity contribution in [1.29, 1.82) is 0 Å². The second-order valence-corrected chi connectivity index (χ2v) is 5.06. The molecule has 0 N–H and O–H groups in total. The number of rotatable bonds is 2. The third kappa shape index (κ3) is 2.18. The molecule has 1 unspecified atom stereocenters. The fourth-order valence-corrected chi connectivity index (χ4v) is 3.03. The van der Waals surface area contributed by atoms with Gasteiger partial charge in [0.2, 0.25) is 0 Å². The van der Waals surface area contributed by atoms with Gasteiger partial charge in [0.1, 0.15) is 5.78 Å². The van der Waals surface area contributed by atoms with Crippen LogP contribution in [0.4, 0.5) is 0 Å². The van der Waals surface area contributed by atoms with Crippen LogP contribution < -0.4 is 0 Å². The van der Waals surface area contributed by atoms with Crippen LogP contribution >= 0.6 is 11.8 Å². The summed E-state index contributed by atoms with van der Waals surface area (Å²) < 4.78 is 0. The van der Waals surface area contributed by atoms with Crippen LogP contribution in [0, 0.1) is 6.92 Å². The highest BCUT2D eigenvalue weighted by Gasteiger charge is 2.24. The number of carbonyl (C=O) groups excluding carboxylic acids is 1. The molecule has 0 radical (unpaired) electrons. The Balaban J connectivity index is 2.07. The minimum absolute atomic E-state index is 0.219. The van der Waals surface area contributed by atoms with Crippen molar-refractivity contribution in [3.8, 4) is 0 Å². The molecule has 1 nitrogen and oxygen atoms in total. The lowest BCUT2D eigenvalue weighted by atomic mass is 10.2. The Labute approximate surface area is 88.9 Å². The van der Waals surface area contributed by atoms with E-state index < -0.39 is 0 Å². The average molecular weight is 206 g/mol. The Morgan fingerprint density at radius 1 is 1.43 bits per heavy atom. The Kier molecular flexibility index (Phi) is 2.92. The lowest BCUT2D eigenvalue weighted by Gasteiger charge is -2.07. The summed E-state index contributed by atoms with van der Waals surface area (Å²) in [6, 6.07) is 8.37. The van der Waals surface area contributed by atoms with Crippen LogP contribution in [0.2, 0.25) is 0 Å². The average Bonchev–Trinajstić information content (AvgIpc) is 2.52. The summed E-state index contributed by atoms with van der Waals surface area (Å²) in [5, 5.41) is 0.219. The van der Waals surface area contributed by atoms with Gasteiger partial charge >= 0.3 is 0 Å². The summed E-state index contributed by atoms with van der Waals surface area (Å²) in [7, 11) is 0. The molecule has 0 bridgehead atoms. The summed E-state index contributed by atoms with van der Waals surface area (Å²) >= 11 is 1.72. The summed E-state index contributed by atoms with van der Waals surface area (Å²) in [5.74, 6) is 0.427. The van der Waals surface area contributed by atoms with Crippen LogP contribution in [0.25, 0.3) is 0 Å². The number of ketones is 1. The molecule has 1 aromatic rings. The van der Waals surface area contributed by atoms with Gasteiger partial charge in [-0.05, 0) is 31.9 Å². The monoisotopic (exact) mass is 206 g/mol. The molecule has 2 rings (SSSR count). The minimum Gasteiger partial charge on any atom is -0.298 e. The quantitative estimate of drug-likeness (QED) is 0.739. The number of hydrogen-bond acceptors (Lipinski definition) is 2. The van der Waals surface area contributed by atoms with Gasteiger partial charge in [-0.3, -0.25) is 4.79 Å². The normalized spacial score (nSPS) is 21.5. The van der Waals surface area contributed by atoms with E-state index in [1.165, 1.54) is 10.5 Å². The predicted octanol–water partition coefficient (Wildman–Crippen LogP) is 3.21. The van der Waals surface area contributed by atoms with Crippen molar-refractivity contribution in [3.63, 3.8) is 0 Å². The van der Waals surface area contributed by atoms with Gasteiger partial charge in [-0.15, -0.1) is 11.8 Å². The maximum absolute atomic E-state index is 11.4. The number of aryl methyl sites for hydroxylation is 1. The van der Waals surface area contributed by atoms with Crippen molar-refractivity contribution >= 4 is 17.5 Å². The van der Waals surface area contributed by atoms with E-state index in [9.17, 15) is 4.79 Å². The van der Waals surface area contributed by atoms with Crippen LogP contribution in [-0.2, 0) is 4.79 Å². The maximum atomic E-state index is 11.4. The second-order valence-electron chi connectivity index (χ2n) is 3.78. The van der Waals surface area contributed by atoms with Crippen molar-refractivity contribution in [1.82, 2.24) is 0 Å². The molecule has 1 aliphatic rings. The van der Waals surface area contributed by atoms with Gasteiger partial charge in [0.05, 0.1) is 5.25 Å². The number of benzene rings is 1. The van der Waals surface area contributed by atoms with Gasteiger partial charge in [0.15, 0.2) is 0 Å². The molecule has 0 aliphatic heterocycles. The Morgan fingerprint density at radius 3 is 2.93 bits per heavy atom. The molecule has 0 spiro atoms. The highest BCUT2D eigenvalue weighted by molar-refractivity contribution is 8.00. The van der Waals surface area contributed by atoms with Crippen LogP contribution in [-0.4, -0.2) is 11.0 Å². The van der Waals surface area contributed by atoms with E-state index in [4.69, 9.17) is 0 Å². The Hall–Kier alpha value is -0.760. The molecular formula is C12H14OS. The fraction of sp³-hybridized carbons (Fsp3) is 0.417. The third-order valence-corrected chi connectivity index (χ3v) is 3.83. The first-order valence-corrected chi connectivity index (χ1v) is 5.90. The molecule has 0 heterocycles. The first kappa shape index (κ1) is 9.78. The molecular weight excluding hydrogens is 192 g/mol. The predicted molar refractivity (Wildman–Crippen MR) is 59.7 cm³/mol. The topological polar surface area (TPSA) is 17.1 Å².